The highest BCUT2D eigenvalue weighted by Crippen LogP contribution is 2.63. The van der Waals surface area contributed by atoms with Gasteiger partial charge in [0, 0.05) is 7.11 Å². The summed E-state index contributed by atoms with van der Waals surface area (Å²) in [5, 5.41) is 1.41. The zero-order chi connectivity index (χ0) is 24.9. The van der Waals surface area contributed by atoms with Crippen molar-refractivity contribution in [2.24, 2.45) is 0 Å². The Hall–Kier alpha value is 0.828. The molecule has 0 unspecified atom stereocenters. The molecule has 30 heavy (non-hydrogen) atoms. The first-order chi connectivity index (χ1) is 12.8. The number of hydrogen-bond acceptors (Lipinski definition) is 1. The summed E-state index contributed by atoms with van der Waals surface area (Å²) in [5.41, 5.74) is 1.31. The van der Waals surface area contributed by atoms with Crippen molar-refractivity contribution in [3.63, 3.8) is 0 Å². The van der Waals surface area contributed by atoms with Crippen molar-refractivity contribution in [3.8, 4) is 0 Å². The average Bonchev–Trinajstić information content (AvgIpc) is 2.45. The van der Waals surface area contributed by atoms with E-state index in [9.17, 15) is 0 Å². The maximum atomic E-state index is 7.05. The van der Waals surface area contributed by atoms with E-state index >= 15 is 0 Å². The van der Waals surface area contributed by atoms with Crippen molar-refractivity contribution in [1.29, 1.82) is 0 Å². The van der Waals surface area contributed by atoms with Crippen molar-refractivity contribution < 1.29 is 4.43 Å². The van der Waals surface area contributed by atoms with Crippen molar-refractivity contribution >= 4 is 30.4 Å². The fourth-order valence-corrected chi connectivity index (χ4v) is 104. The van der Waals surface area contributed by atoms with Gasteiger partial charge in [-0.25, -0.2) is 0 Å². The highest BCUT2D eigenvalue weighted by atomic mass is 29.9. The summed E-state index contributed by atoms with van der Waals surface area (Å²) in [7, 11) is -4.37. The molecule has 0 amide bonds. The Balaban J connectivity index is 8.07. The third-order valence-corrected chi connectivity index (χ3v) is 74.8. The molecule has 0 saturated heterocycles. The van der Waals surface area contributed by atoms with Gasteiger partial charge in [-0.2, -0.15) is 0 Å². The third-order valence-electron chi connectivity index (χ3n) is 9.44. The predicted molar refractivity (Wildman–Crippen MR) is 151 cm³/mol. The molecule has 181 valence electrons. The minimum atomic E-state index is -2.04. The van der Waals surface area contributed by atoms with Crippen LogP contribution in [0.1, 0.15) is 111 Å². The van der Waals surface area contributed by atoms with E-state index in [-0.39, 0.29) is 0 Å². The first-order valence-electron chi connectivity index (χ1n) is 12.2. The summed E-state index contributed by atoms with van der Waals surface area (Å²) in [4.78, 5) is 0. The van der Waals surface area contributed by atoms with Gasteiger partial charge in [-0.15, -0.1) is 0 Å². The fraction of sp³-hybridized carbons (Fsp3) is 1.00. The van der Waals surface area contributed by atoms with Crippen molar-refractivity contribution in [1.82, 2.24) is 0 Å². The van der Waals surface area contributed by atoms with Gasteiger partial charge in [0.2, 0.25) is 0 Å². The SMILES string of the molecule is CO[Si](C(C)C)(C(C)C)[Si]([Si](C)(C(C)(C)C)C(C)(C)C)[Si](C)(C(C)(C)C)C(C)(C)C. The molecule has 0 spiro atoms. The van der Waals surface area contributed by atoms with Crippen LogP contribution in [-0.2, 0) is 4.43 Å². The normalized spacial score (nSPS) is 16.2. The van der Waals surface area contributed by atoms with E-state index in [1.54, 1.807) is 0 Å². The topological polar surface area (TPSA) is 9.23 Å². The number of rotatable bonds is 6. The molecule has 0 N–H and O–H groups in total. The van der Waals surface area contributed by atoms with E-state index in [2.05, 4.69) is 131 Å². The van der Waals surface area contributed by atoms with E-state index in [0.29, 0.717) is 31.2 Å². The Labute approximate surface area is 196 Å². The summed E-state index contributed by atoms with van der Waals surface area (Å²) in [5.74, 6) is 0. The Morgan fingerprint density at radius 1 is 0.533 bits per heavy atom. The van der Waals surface area contributed by atoms with Gasteiger partial charge in [0.05, 0.1) is 22.5 Å². The van der Waals surface area contributed by atoms with Crippen molar-refractivity contribution in [3.05, 3.63) is 0 Å². The summed E-state index contributed by atoms with van der Waals surface area (Å²) in [6.45, 7) is 46.8. The van der Waals surface area contributed by atoms with Gasteiger partial charge in [0.15, 0.2) is 7.83 Å². The molecule has 0 bridgehead atoms. The Kier molecular flexibility index (Phi) is 9.13. The lowest BCUT2D eigenvalue weighted by atomic mass is 10.2. The molecule has 0 fully saturated rings. The molecule has 0 aromatic heterocycles. The van der Waals surface area contributed by atoms with Crippen LogP contribution < -0.4 is 0 Å². The third kappa shape index (κ3) is 4.58. The Morgan fingerprint density at radius 3 is 0.833 bits per heavy atom. The second-order valence-electron chi connectivity index (χ2n) is 14.9. The Morgan fingerprint density at radius 2 is 0.733 bits per heavy atom. The van der Waals surface area contributed by atoms with E-state index in [4.69, 9.17) is 4.43 Å². The van der Waals surface area contributed by atoms with Crippen LogP contribution in [0.2, 0.25) is 44.3 Å². The van der Waals surface area contributed by atoms with E-state index in [0.717, 1.165) is 0 Å². The Bertz CT molecular complexity index is 494. The van der Waals surface area contributed by atoms with Crippen molar-refractivity contribution in [2.75, 3.05) is 7.11 Å². The molecule has 0 aliphatic heterocycles. The molecule has 0 rings (SSSR count). The van der Waals surface area contributed by atoms with Gasteiger partial charge in [-0.05, 0) is 31.2 Å². The van der Waals surface area contributed by atoms with Gasteiger partial charge in [-0.1, -0.05) is 124 Å². The van der Waals surface area contributed by atoms with Crippen LogP contribution in [0, 0.1) is 0 Å². The molecular weight excluding hydrogens is 429 g/mol. The summed E-state index contributed by atoms with van der Waals surface area (Å²) >= 11 is 0. The zero-order valence-corrected chi connectivity index (χ0v) is 28.6. The van der Waals surface area contributed by atoms with Crippen LogP contribution in [0.15, 0.2) is 0 Å². The average molecular weight is 488 g/mol. The van der Waals surface area contributed by atoms with Crippen LogP contribution in [-0.4, -0.2) is 37.5 Å². The molecular formula is C25H59OSi4. The maximum absolute atomic E-state index is 7.05. The molecule has 0 aliphatic carbocycles. The first-order valence-corrected chi connectivity index (χ1v) is 23.8. The summed E-state index contributed by atoms with van der Waals surface area (Å²) < 4.78 is 7.05. The number of hydrogen-bond donors (Lipinski definition) is 0. The second kappa shape index (κ2) is 8.88. The quantitative estimate of drug-likeness (QED) is 0.339. The molecule has 0 heterocycles. The van der Waals surface area contributed by atoms with Gasteiger partial charge in [0.25, 0.3) is 0 Å². The second-order valence-corrected chi connectivity index (χ2v) is 47.8. The maximum Gasteiger partial charge on any atom is 0.176 e. The molecule has 0 aromatic rings. The van der Waals surface area contributed by atoms with Crippen LogP contribution in [0.3, 0.4) is 0 Å². The van der Waals surface area contributed by atoms with Crippen LogP contribution in [0.5, 0.6) is 0 Å². The lowest BCUT2D eigenvalue weighted by Gasteiger charge is -2.68. The lowest BCUT2D eigenvalue weighted by Crippen LogP contribution is -2.86. The van der Waals surface area contributed by atoms with Crippen LogP contribution >= 0.6 is 0 Å². The van der Waals surface area contributed by atoms with Gasteiger partial charge < -0.3 is 4.43 Å². The van der Waals surface area contributed by atoms with Crippen LogP contribution in [0.4, 0.5) is 0 Å². The first kappa shape index (κ1) is 30.8. The van der Waals surface area contributed by atoms with Gasteiger partial charge in [-0.3, -0.25) is 0 Å². The molecule has 0 saturated carbocycles. The largest absolute Gasteiger partial charge is 0.423 e. The highest BCUT2D eigenvalue weighted by molar-refractivity contribution is 7.83. The van der Waals surface area contributed by atoms with Crippen LogP contribution in [0.25, 0.3) is 0 Å². The van der Waals surface area contributed by atoms with Gasteiger partial charge >= 0.3 is 0 Å². The molecule has 0 aromatic carbocycles. The highest BCUT2D eigenvalue weighted by Gasteiger charge is 2.73. The molecule has 5 heteroatoms. The predicted octanol–water partition coefficient (Wildman–Crippen LogP) is 9.49. The van der Waals surface area contributed by atoms with Gasteiger partial charge in [0.1, 0.15) is 0 Å². The molecule has 0 aliphatic rings. The minimum Gasteiger partial charge on any atom is -0.423 e. The monoisotopic (exact) mass is 487 g/mol. The summed E-state index contributed by atoms with van der Waals surface area (Å²) in [6.07, 6.45) is 0. The van der Waals surface area contributed by atoms with Crippen molar-refractivity contribution in [2.45, 2.75) is 155 Å². The fourth-order valence-electron chi connectivity index (χ4n) is 6.85. The minimum absolute atomic E-state index is 0.352. The van der Waals surface area contributed by atoms with E-state index < -0.39 is 30.4 Å². The summed E-state index contributed by atoms with van der Waals surface area (Å²) in [6, 6.07) is 0. The van der Waals surface area contributed by atoms with E-state index in [1.165, 1.54) is 0 Å². The molecule has 1 nitrogen and oxygen atoms in total. The molecule has 1 radical (unpaired) electrons. The molecule has 0 atom stereocenters. The van der Waals surface area contributed by atoms with E-state index in [1.807, 2.05) is 0 Å². The standard InChI is InChI=1S/C25H59OSi4/c1-20(2)30(26-17,21(3)4)27(28(18,22(5,6)7)23(8,9)10)29(19,24(11,12)13)25(14,15)16/h20-21H,1-19H3. The lowest BCUT2D eigenvalue weighted by molar-refractivity contribution is 0.390. The smallest absolute Gasteiger partial charge is 0.176 e. The zero-order valence-electron chi connectivity index (χ0n) is 24.6.